The molecular formula is C35H31ClFNO4S. The zero-order chi connectivity index (χ0) is 30.2. The molecule has 0 bridgehead atoms. The first kappa shape index (κ1) is 30.4. The molecule has 5 aromatic rings. The van der Waals surface area contributed by atoms with E-state index < -0.39 is 15.9 Å². The number of aliphatic hydroxyl groups excluding tert-OH is 1. The molecule has 0 amide bonds. The van der Waals surface area contributed by atoms with Gasteiger partial charge in [-0.05, 0) is 95.9 Å². The molecule has 0 aliphatic heterocycles. The Balaban J connectivity index is 1.24. The van der Waals surface area contributed by atoms with Crippen molar-refractivity contribution in [1.29, 1.82) is 0 Å². The first-order chi connectivity index (χ1) is 20.8. The summed E-state index contributed by atoms with van der Waals surface area (Å²) in [5, 5.41) is 11.5. The number of rotatable bonds is 12. The molecule has 0 saturated carbocycles. The van der Waals surface area contributed by atoms with E-state index in [4.69, 9.17) is 16.3 Å². The zero-order valence-corrected chi connectivity index (χ0v) is 24.9. The van der Waals surface area contributed by atoms with E-state index >= 15 is 0 Å². The Hall–Kier alpha value is -4.01. The quantitative estimate of drug-likeness (QED) is 0.155. The second-order valence-corrected chi connectivity index (χ2v) is 12.6. The predicted octanol–water partition coefficient (Wildman–Crippen LogP) is 7.88. The summed E-state index contributed by atoms with van der Waals surface area (Å²) in [5.41, 5.74) is 2.88. The standard InChI is InChI=1S/C35H31ClFNO4S/c36-29-8-4-7-28(23-29)35(39)25-38(24-27-5-2-1-3-6-27)22-21-26-9-17-33(18-10-26)43(40,41)34-19-15-32(16-20-34)42-31-13-11-30(37)12-14-31/h1-20,23,35,39H,21-22,24-25H2. The first-order valence-electron chi connectivity index (χ1n) is 13.8. The second kappa shape index (κ2) is 14.0. The van der Waals surface area contributed by atoms with Crippen molar-refractivity contribution in [3.8, 4) is 11.5 Å². The molecule has 43 heavy (non-hydrogen) atoms. The fourth-order valence-corrected chi connectivity index (χ4v) is 6.18. The lowest BCUT2D eigenvalue weighted by atomic mass is 10.1. The van der Waals surface area contributed by atoms with E-state index in [-0.39, 0.29) is 15.6 Å². The molecular weight excluding hydrogens is 585 g/mol. The molecule has 0 saturated heterocycles. The maximum atomic E-state index is 13.3. The topological polar surface area (TPSA) is 66.8 Å². The minimum Gasteiger partial charge on any atom is -0.457 e. The van der Waals surface area contributed by atoms with Gasteiger partial charge in [0.15, 0.2) is 0 Å². The molecule has 5 nitrogen and oxygen atoms in total. The van der Waals surface area contributed by atoms with E-state index in [0.29, 0.717) is 42.6 Å². The highest BCUT2D eigenvalue weighted by Crippen LogP contribution is 2.27. The summed E-state index contributed by atoms with van der Waals surface area (Å²) < 4.78 is 45.4. The predicted molar refractivity (Wildman–Crippen MR) is 167 cm³/mol. The van der Waals surface area contributed by atoms with Gasteiger partial charge in [-0.25, -0.2) is 12.8 Å². The van der Waals surface area contributed by atoms with Gasteiger partial charge in [0.25, 0.3) is 0 Å². The van der Waals surface area contributed by atoms with Crippen molar-refractivity contribution in [1.82, 2.24) is 4.90 Å². The fourth-order valence-electron chi connectivity index (χ4n) is 4.72. The minimum absolute atomic E-state index is 0.149. The van der Waals surface area contributed by atoms with E-state index in [9.17, 15) is 17.9 Å². The van der Waals surface area contributed by atoms with Crippen LogP contribution in [-0.2, 0) is 22.8 Å². The summed E-state index contributed by atoms with van der Waals surface area (Å²) in [6.07, 6.45) is -0.0346. The Bertz CT molecular complexity index is 1730. The Labute approximate surface area is 256 Å². The molecule has 0 aliphatic rings. The number of aliphatic hydroxyl groups is 1. The van der Waals surface area contributed by atoms with Crippen molar-refractivity contribution in [2.24, 2.45) is 0 Å². The number of nitrogens with zero attached hydrogens (tertiary/aromatic N) is 1. The van der Waals surface area contributed by atoms with Crippen molar-refractivity contribution in [3.05, 3.63) is 155 Å². The fraction of sp³-hybridized carbons (Fsp3) is 0.143. The van der Waals surface area contributed by atoms with E-state index in [1.54, 1.807) is 36.4 Å². The Morgan fingerprint density at radius 3 is 1.98 bits per heavy atom. The molecule has 5 aromatic carbocycles. The highest BCUT2D eigenvalue weighted by molar-refractivity contribution is 7.91. The summed E-state index contributed by atoms with van der Waals surface area (Å²) in [4.78, 5) is 2.53. The van der Waals surface area contributed by atoms with Gasteiger partial charge in [-0.2, -0.15) is 0 Å². The van der Waals surface area contributed by atoms with Crippen LogP contribution in [0, 0.1) is 5.82 Å². The molecule has 0 aliphatic carbocycles. The first-order valence-corrected chi connectivity index (χ1v) is 15.7. The third-order valence-corrected chi connectivity index (χ3v) is 9.07. The smallest absolute Gasteiger partial charge is 0.206 e. The van der Waals surface area contributed by atoms with Crippen LogP contribution in [0.2, 0.25) is 5.02 Å². The third-order valence-electron chi connectivity index (χ3n) is 7.05. The van der Waals surface area contributed by atoms with Crippen LogP contribution in [0.15, 0.2) is 137 Å². The summed E-state index contributed by atoms with van der Waals surface area (Å²) in [5.74, 6) is 0.535. The maximum absolute atomic E-state index is 13.3. The number of halogens is 2. The molecule has 0 spiro atoms. The normalized spacial score (nSPS) is 12.3. The Kier molecular flexibility index (Phi) is 9.89. The molecule has 1 atom stereocenters. The van der Waals surface area contributed by atoms with Crippen molar-refractivity contribution in [3.63, 3.8) is 0 Å². The van der Waals surface area contributed by atoms with E-state index in [2.05, 4.69) is 17.0 Å². The van der Waals surface area contributed by atoms with Crippen LogP contribution < -0.4 is 4.74 Å². The van der Waals surface area contributed by atoms with Crippen LogP contribution in [0.25, 0.3) is 0 Å². The summed E-state index contributed by atoms with van der Waals surface area (Å²) in [6.45, 7) is 1.74. The zero-order valence-electron chi connectivity index (χ0n) is 23.3. The van der Waals surface area contributed by atoms with Crippen LogP contribution in [0.3, 0.4) is 0 Å². The SMILES string of the molecule is O=S(=O)(c1ccc(CCN(Cc2ccccc2)CC(O)c2cccc(Cl)c2)cc1)c1ccc(Oc2ccc(F)cc2)cc1. The monoisotopic (exact) mass is 615 g/mol. The van der Waals surface area contributed by atoms with Crippen LogP contribution >= 0.6 is 11.6 Å². The Morgan fingerprint density at radius 1 is 0.744 bits per heavy atom. The molecule has 0 heterocycles. The van der Waals surface area contributed by atoms with E-state index in [1.807, 2.05) is 42.5 Å². The van der Waals surface area contributed by atoms with E-state index in [1.165, 1.54) is 36.4 Å². The molecule has 1 N–H and O–H groups in total. The van der Waals surface area contributed by atoms with Gasteiger partial charge in [0, 0.05) is 24.7 Å². The summed E-state index contributed by atoms with van der Waals surface area (Å²) >= 11 is 6.14. The van der Waals surface area contributed by atoms with Gasteiger partial charge in [-0.15, -0.1) is 0 Å². The van der Waals surface area contributed by atoms with E-state index in [0.717, 1.165) is 16.7 Å². The molecule has 8 heteroatoms. The van der Waals surface area contributed by atoms with Gasteiger partial charge in [-0.3, -0.25) is 4.90 Å². The van der Waals surface area contributed by atoms with Crippen LogP contribution in [-0.4, -0.2) is 31.5 Å². The van der Waals surface area contributed by atoms with Crippen LogP contribution in [0.1, 0.15) is 22.8 Å². The van der Waals surface area contributed by atoms with Crippen LogP contribution in [0.4, 0.5) is 4.39 Å². The average molecular weight is 616 g/mol. The molecule has 0 aromatic heterocycles. The molecule has 1 unspecified atom stereocenters. The third kappa shape index (κ3) is 8.30. The second-order valence-electron chi connectivity index (χ2n) is 10.2. The molecule has 220 valence electrons. The molecule has 0 radical (unpaired) electrons. The minimum atomic E-state index is -3.73. The summed E-state index contributed by atoms with van der Waals surface area (Å²) in [7, 11) is -3.73. The van der Waals surface area contributed by atoms with Crippen LogP contribution in [0.5, 0.6) is 11.5 Å². The number of hydrogen-bond acceptors (Lipinski definition) is 5. The number of ether oxygens (including phenoxy) is 1. The Morgan fingerprint density at radius 2 is 1.35 bits per heavy atom. The van der Waals surface area contributed by atoms with Gasteiger partial charge < -0.3 is 9.84 Å². The van der Waals surface area contributed by atoms with Gasteiger partial charge in [0.05, 0.1) is 15.9 Å². The lowest BCUT2D eigenvalue weighted by Crippen LogP contribution is -2.30. The van der Waals surface area contributed by atoms with Crippen molar-refractivity contribution >= 4 is 21.4 Å². The lowest BCUT2D eigenvalue weighted by molar-refractivity contribution is 0.109. The number of sulfone groups is 1. The van der Waals surface area contributed by atoms with Crippen molar-refractivity contribution in [2.45, 2.75) is 28.9 Å². The molecule has 0 fully saturated rings. The maximum Gasteiger partial charge on any atom is 0.206 e. The van der Waals surface area contributed by atoms with Crippen molar-refractivity contribution < 1.29 is 22.7 Å². The average Bonchev–Trinajstić information content (AvgIpc) is 3.02. The van der Waals surface area contributed by atoms with Gasteiger partial charge in [0.1, 0.15) is 17.3 Å². The van der Waals surface area contributed by atoms with Gasteiger partial charge in [0.2, 0.25) is 9.84 Å². The van der Waals surface area contributed by atoms with Gasteiger partial charge in [-0.1, -0.05) is 66.2 Å². The van der Waals surface area contributed by atoms with Gasteiger partial charge >= 0.3 is 0 Å². The largest absolute Gasteiger partial charge is 0.457 e. The number of hydrogen-bond donors (Lipinski definition) is 1. The molecule has 5 rings (SSSR count). The van der Waals surface area contributed by atoms with Crippen molar-refractivity contribution in [2.75, 3.05) is 13.1 Å². The highest BCUT2D eigenvalue weighted by Gasteiger charge is 2.19. The highest BCUT2D eigenvalue weighted by atomic mass is 35.5. The lowest BCUT2D eigenvalue weighted by Gasteiger charge is -2.25. The summed E-state index contributed by atoms with van der Waals surface area (Å²) in [6, 6.07) is 35.9. The number of benzene rings is 5.